The van der Waals surface area contributed by atoms with Crippen molar-refractivity contribution >= 4 is 17.7 Å². The van der Waals surface area contributed by atoms with Gasteiger partial charge in [0, 0.05) is 30.1 Å². The lowest BCUT2D eigenvalue weighted by molar-refractivity contribution is -0.384. The van der Waals surface area contributed by atoms with Gasteiger partial charge in [-0.05, 0) is 55.7 Å². The van der Waals surface area contributed by atoms with Gasteiger partial charge in [-0.25, -0.2) is 4.79 Å². The van der Waals surface area contributed by atoms with Crippen LogP contribution in [-0.4, -0.2) is 15.5 Å². The minimum absolute atomic E-state index is 0.0360. The molecule has 0 aliphatic carbocycles. The number of rotatable bonds is 8. The number of unbranched alkanes of at least 4 members (excludes halogenated alkanes) is 1. The fourth-order valence-corrected chi connectivity index (χ4v) is 2.87. The number of nitro benzene ring substituents is 1. The van der Waals surface area contributed by atoms with Crippen LogP contribution in [0.15, 0.2) is 35.9 Å². The maximum Gasteiger partial charge on any atom is 0.349 e. The Bertz CT molecular complexity index is 934. The van der Waals surface area contributed by atoms with Gasteiger partial charge in [-0.15, -0.1) is 0 Å². The molecule has 0 aliphatic rings. The van der Waals surface area contributed by atoms with Gasteiger partial charge < -0.3 is 9.30 Å². The highest BCUT2D eigenvalue weighted by Gasteiger charge is 2.14. The van der Waals surface area contributed by atoms with Gasteiger partial charge >= 0.3 is 5.97 Å². The van der Waals surface area contributed by atoms with E-state index in [2.05, 4.69) is 11.5 Å². The SMILES string of the molecule is CCCCn1c(C)cc(/C=C(\C#N)C(=O)OCc2ccc([N+](=O)[O-])cc2)c1C. The van der Waals surface area contributed by atoms with Gasteiger partial charge in [-0.1, -0.05) is 13.3 Å². The Balaban J connectivity index is 2.11. The number of nitriles is 1. The first-order chi connectivity index (χ1) is 13.4. The van der Waals surface area contributed by atoms with Crippen LogP contribution in [0.5, 0.6) is 0 Å². The molecule has 1 heterocycles. The topological polar surface area (TPSA) is 98.2 Å². The molecule has 0 N–H and O–H groups in total. The second-order valence-corrected chi connectivity index (χ2v) is 6.50. The van der Waals surface area contributed by atoms with Crippen LogP contribution in [0.2, 0.25) is 0 Å². The molecule has 1 aromatic heterocycles. The average Bonchev–Trinajstić information content (AvgIpc) is 2.95. The standard InChI is InChI=1S/C21H23N3O4/c1-4-5-10-23-15(2)11-18(16(23)3)12-19(13-22)21(25)28-14-17-6-8-20(9-7-17)24(26)27/h6-9,11-12H,4-5,10,14H2,1-3H3/b19-12+. The molecule has 0 saturated heterocycles. The molecule has 0 saturated carbocycles. The van der Waals surface area contributed by atoms with E-state index in [1.165, 1.54) is 24.3 Å². The Morgan fingerprint density at radius 1 is 1.32 bits per heavy atom. The second kappa shape index (κ2) is 9.51. The van der Waals surface area contributed by atoms with Crippen molar-refractivity contribution in [2.45, 2.75) is 46.8 Å². The molecule has 0 aliphatic heterocycles. The van der Waals surface area contributed by atoms with Crippen LogP contribution in [0, 0.1) is 35.3 Å². The van der Waals surface area contributed by atoms with Gasteiger partial charge in [0.2, 0.25) is 0 Å². The van der Waals surface area contributed by atoms with E-state index in [4.69, 9.17) is 4.74 Å². The number of nitro groups is 1. The third kappa shape index (κ3) is 5.07. The van der Waals surface area contributed by atoms with Gasteiger partial charge in [-0.3, -0.25) is 10.1 Å². The molecular weight excluding hydrogens is 358 g/mol. The lowest BCUT2D eigenvalue weighted by Gasteiger charge is -2.08. The van der Waals surface area contributed by atoms with Crippen LogP contribution in [0.25, 0.3) is 6.08 Å². The number of nitrogens with zero attached hydrogens (tertiary/aromatic N) is 3. The van der Waals surface area contributed by atoms with Gasteiger partial charge in [-0.2, -0.15) is 5.26 Å². The lowest BCUT2D eigenvalue weighted by Crippen LogP contribution is -2.07. The predicted molar refractivity (Wildman–Crippen MR) is 105 cm³/mol. The van der Waals surface area contributed by atoms with E-state index >= 15 is 0 Å². The summed E-state index contributed by atoms with van der Waals surface area (Å²) in [6.45, 7) is 6.92. The highest BCUT2D eigenvalue weighted by atomic mass is 16.6. The summed E-state index contributed by atoms with van der Waals surface area (Å²) >= 11 is 0. The lowest BCUT2D eigenvalue weighted by atomic mass is 10.1. The molecule has 28 heavy (non-hydrogen) atoms. The highest BCUT2D eigenvalue weighted by molar-refractivity contribution is 5.98. The van der Waals surface area contributed by atoms with Gasteiger partial charge in [0.1, 0.15) is 18.2 Å². The first kappa shape index (κ1) is 20.9. The fourth-order valence-electron chi connectivity index (χ4n) is 2.87. The number of esters is 1. The fraction of sp³-hybridized carbons (Fsp3) is 0.333. The van der Waals surface area contributed by atoms with Crippen molar-refractivity contribution in [3.8, 4) is 6.07 Å². The maximum atomic E-state index is 12.3. The quantitative estimate of drug-likeness (QED) is 0.221. The summed E-state index contributed by atoms with van der Waals surface area (Å²) in [5, 5.41) is 20.0. The van der Waals surface area contributed by atoms with Crippen LogP contribution >= 0.6 is 0 Å². The summed E-state index contributed by atoms with van der Waals surface area (Å²) < 4.78 is 7.36. The molecule has 0 bridgehead atoms. The molecule has 0 spiro atoms. The highest BCUT2D eigenvalue weighted by Crippen LogP contribution is 2.20. The van der Waals surface area contributed by atoms with E-state index in [9.17, 15) is 20.2 Å². The summed E-state index contributed by atoms with van der Waals surface area (Å²) in [6.07, 6.45) is 3.69. The van der Waals surface area contributed by atoms with E-state index in [0.29, 0.717) is 5.56 Å². The van der Waals surface area contributed by atoms with Crippen molar-refractivity contribution in [2.75, 3.05) is 0 Å². The number of hydrogen-bond acceptors (Lipinski definition) is 5. The molecule has 1 aromatic carbocycles. The Hall–Kier alpha value is -3.40. The van der Waals surface area contributed by atoms with Crippen LogP contribution < -0.4 is 0 Å². The molecule has 2 rings (SSSR count). The smallest absolute Gasteiger partial charge is 0.349 e. The molecule has 7 nitrogen and oxygen atoms in total. The predicted octanol–water partition coefficient (Wildman–Crippen LogP) is 4.46. The number of non-ortho nitro benzene ring substituents is 1. The van der Waals surface area contributed by atoms with Crippen LogP contribution in [0.4, 0.5) is 5.69 Å². The van der Waals surface area contributed by atoms with E-state index in [0.717, 1.165) is 36.3 Å². The summed E-state index contributed by atoms with van der Waals surface area (Å²) in [5.41, 5.74) is 3.38. The second-order valence-electron chi connectivity index (χ2n) is 6.50. The van der Waals surface area contributed by atoms with E-state index in [-0.39, 0.29) is 17.9 Å². The Kier molecular flexibility index (Phi) is 7.10. The number of benzene rings is 1. The number of aryl methyl sites for hydroxylation is 1. The summed E-state index contributed by atoms with van der Waals surface area (Å²) in [6, 6.07) is 9.57. The van der Waals surface area contributed by atoms with Gasteiger partial charge in [0.15, 0.2) is 0 Å². The number of hydrogen-bond donors (Lipinski definition) is 0. The Labute approximate surface area is 164 Å². The molecule has 2 aromatic rings. The molecule has 0 fully saturated rings. The zero-order chi connectivity index (χ0) is 20.7. The first-order valence-electron chi connectivity index (χ1n) is 9.06. The van der Waals surface area contributed by atoms with Crippen LogP contribution in [0.1, 0.15) is 42.3 Å². The van der Waals surface area contributed by atoms with E-state index in [1.54, 1.807) is 6.08 Å². The van der Waals surface area contributed by atoms with E-state index in [1.807, 2.05) is 26.0 Å². The van der Waals surface area contributed by atoms with E-state index < -0.39 is 10.9 Å². The van der Waals surface area contributed by atoms with Crippen molar-refractivity contribution in [1.29, 1.82) is 5.26 Å². The van der Waals surface area contributed by atoms with Gasteiger partial charge in [0.25, 0.3) is 5.69 Å². The number of ether oxygens (including phenoxy) is 1. The number of aromatic nitrogens is 1. The van der Waals surface area contributed by atoms with Gasteiger partial charge in [0.05, 0.1) is 4.92 Å². The van der Waals surface area contributed by atoms with Crippen molar-refractivity contribution in [2.24, 2.45) is 0 Å². The molecule has 0 radical (unpaired) electrons. The molecule has 0 amide bonds. The van der Waals surface area contributed by atoms with Crippen LogP contribution in [-0.2, 0) is 22.7 Å². The average molecular weight is 381 g/mol. The maximum absolute atomic E-state index is 12.3. The minimum Gasteiger partial charge on any atom is -0.457 e. The third-order valence-electron chi connectivity index (χ3n) is 4.51. The zero-order valence-corrected chi connectivity index (χ0v) is 16.3. The van der Waals surface area contributed by atoms with Crippen molar-refractivity contribution in [3.05, 3.63) is 68.5 Å². The van der Waals surface area contributed by atoms with Crippen LogP contribution in [0.3, 0.4) is 0 Å². The third-order valence-corrected chi connectivity index (χ3v) is 4.51. The molecule has 146 valence electrons. The summed E-state index contributed by atoms with van der Waals surface area (Å²) in [4.78, 5) is 22.4. The van der Waals surface area contributed by atoms with Crippen molar-refractivity contribution in [3.63, 3.8) is 0 Å². The monoisotopic (exact) mass is 381 g/mol. The summed E-state index contributed by atoms with van der Waals surface area (Å²) in [5.74, 6) is -0.723. The molecule has 0 unspecified atom stereocenters. The molecule has 0 atom stereocenters. The normalized spacial score (nSPS) is 11.1. The largest absolute Gasteiger partial charge is 0.457 e. The van der Waals surface area contributed by atoms with Crippen molar-refractivity contribution in [1.82, 2.24) is 4.57 Å². The Morgan fingerprint density at radius 3 is 2.57 bits per heavy atom. The first-order valence-corrected chi connectivity index (χ1v) is 9.06. The Morgan fingerprint density at radius 2 is 2.00 bits per heavy atom. The van der Waals surface area contributed by atoms with Crippen molar-refractivity contribution < 1.29 is 14.5 Å². The minimum atomic E-state index is -0.723. The molecular formula is C21H23N3O4. The number of carbonyl (C=O) groups is 1. The zero-order valence-electron chi connectivity index (χ0n) is 16.3. The number of carbonyl (C=O) groups excluding carboxylic acids is 1. The molecule has 7 heteroatoms. The summed E-state index contributed by atoms with van der Waals surface area (Å²) in [7, 11) is 0.